The van der Waals surface area contributed by atoms with Gasteiger partial charge in [-0.1, -0.05) is 59.6 Å². The summed E-state index contributed by atoms with van der Waals surface area (Å²) in [7, 11) is 3.01. The molecule has 7 nitrogen and oxygen atoms in total. The van der Waals surface area contributed by atoms with E-state index >= 15 is 0 Å². The fourth-order valence-electron chi connectivity index (χ4n) is 3.54. The van der Waals surface area contributed by atoms with Gasteiger partial charge in [0.05, 0.1) is 6.54 Å². The molecule has 0 bridgehead atoms. The van der Waals surface area contributed by atoms with Crippen molar-refractivity contribution in [3.05, 3.63) is 97.9 Å². The molecular formula is C26H28Cl2N2O5. The van der Waals surface area contributed by atoms with Gasteiger partial charge in [0.25, 0.3) is 5.91 Å². The summed E-state index contributed by atoms with van der Waals surface area (Å²) in [5, 5.41) is 4.05. The maximum atomic E-state index is 13.3. The summed E-state index contributed by atoms with van der Waals surface area (Å²) >= 11 is 12.5. The Morgan fingerprint density at radius 2 is 1.69 bits per heavy atom. The maximum absolute atomic E-state index is 13.3. The van der Waals surface area contributed by atoms with E-state index in [0.29, 0.717) is 29.4 Å². The van der Waals surface area contributed by atoms with Crippen LogP contribution < -0.4 is 15.5 Å². The molecule has 0 spiro atoms. The Morgan fingerprint density at radius 1 is 1.00 bits per heavy atom. The number of carbonyl (C=O) groups excluding carboxylic acids is 1. The highest BCUT2D eigenvalue weighted by Crippen LogP contribution is 2.25. The SMILES string of the molecule is COC(Cn1ccc(=O)c(OCc2ccccc2)c1C(=O)NCCCc1c(Cl)cccc1Cl)OC. The third-order valence-electron chi connectivity index (χ3n) is 5.40. The highest BCUT2D eigenvalue weighted by molar-refractivity contribution is 6.35. The predicted octanol–water partition coefficient (Wildman–Crippen LogP) is 4.72. The van der Waals surface area contributed by atoms with Crippen LogP contribution in [0, 0.1) is 0 Å². The first-order valence-electron chi connectivity index (χ1n) is 11.1. The van der Waals surface area contributed by atoms with Crippen molar-refractivity contribution in [1.82, 2.24) is 9.88 Å². The van der Waals surface area contributed by atoms with Gasteiger partial charge in [0.1, 0.15) is 6.61 Å². The lowest BCUT2D eigenvalue weighted by molar-refractivity contribution is -0.111. The molecule has 0 aliphatic rings. The zero-order chi connectivity index (χ0) is 25.2. The first-order chi connectivity index (χ1) is 16.9. The van der Waals surface area contributed by atoms with Crippen LogP contribution in [0.1, 0.15) is 28.0 Å². The Balaban J connectivity index is 1.79. The normalized spacial score (nSPS) is 11.0. The van der Waals surface area contributed by atoms with Gasteiger partial charge in [-0.3, -0.25) is 9.59 Å². The molecule has 3 rings (SSSR count). The minimum Gasteiger partial charge on any atom is -0.483 e. The van der Waals surface area contributed by atoms with Gasteiger partial charge in [0, 0.05) is 43.1 Å². The summed E-state index contributed by atoms with van der Waals surface area (Å²) < 4.78 is 18.0. The van der Waals surface area contributed by atoms with Gasteiger partial charge < -0.3 is 24.1 Å². The van der Waals surface area contributed by atoms with E-state index in [0.717, 1.165) is 11.1 Å². The molecule has 0 radical (unpaired) electrons. The number of ether oxygens (including phenoxy) is 3. The molecule has 0 saturated heterocycles. The molecule has 0 aliphatic heterocycles. The second-order valence-electron chi connectivity index (χ2n) is 7.74. The van der Waals surface area contributed by atoms with Gasteiger partial charge in [-0.05, 0) is 36.1 Å². The number of aromatic nitrogens is 1. The van der Waals surface area contributed by atoms with Crippen molar-refractivity contribution in [2.45, 2.75) is 32.3 Å². The molecule has 0 unspecified atom stereocenters. The minimum absolute atomic E-state index is 0.0334. The van der Waals surface area contributed by atoms with Crippen molar-refractivity contribution in [3.63, 3.8) is 0 Å². The van der Waals surface area contributed by atoms with E-state index in [9.17, 15) is 9.59 Å². The lowest BCUT2D eigenvalue weighted by Crippen LogP contribution is -2.33. The smallest absolute Gasteiger partial charge is 0.271 e. The highest BCUT2D eigenvalue weighted by atomic mass is 35.5. The van der Waals surface area contributed by atoms with Crippen molar-refractivity contribution in [1.29, 1.82) is 0 Å². The molecule has 1 heterocycles. The van der Waals surface area contributed by atoms with Crippen LogP contribution in [0.15, 0.2) is 65.6 Å². The Bertz CT molecular complexity index is 1160. The second kappa shape index (κ2) is 13.3. The van der Waals surface area contributed by atoms with Gasteiger partial charge in [-0.15, -0.1) is 0 Å². The van der Waals surface area contributed by atoms with Gasteiger partial charge in [-0.25, -0.2) is 0 Å². The van der Waals surface area contributed by atoms with Crippen LogP contribution in [0.2, 0.25) is 10.0 Å². The molecule has 3 aromatic rings. The first kappa shape index (κ1) is 26.8. The molecule has 1 amide bonds. The lowest BCUT2D eigenvalue weighted by Gasteiger charge is -2.20. The molecule has 9 heteroatoms. The van der Waals surface area contributed by atoms with Gasteiger partial charge in [0.2, 0.25) is 5.43 Å². The zero-order valence-corrected chi connectivity index (χ0v) is 21.1. The number of halogens is 2. The quantitative estimate of drug-likeness (QED) is 0.277. The molecule has 0 atom stereocenters. The van der Waals surface area contributed by atoms with Crippen molar-refractivity contribution >= 4 is 29.1 Å². The minimum atomic E-state index is -0.617. The van der Waals surface area contributed by atoms with Crippen molar-refractivity contribution < 1.29 is 19.0 Å². The molecule has 186 valence electrons. The topological polar surface area (TPSA) is 78.8 Å². The van der Waals surface area contributed by atoms with E-state index in [1.54, 1.807) is 22.8 Å². The van der Waals surface area contributed by atoms with E-state index in [-0.39, 0.29) is 24.6 Å². The largest absolute Gasteiger partial charge is 0.483 e. The molecule has 0 saturated carbocycles. The maximum Gasteiger partial charge on any atom is 0.271 e. The van der Waals surface area contributed by atoms with Crippen LogP contribution in [-0.2, 0) is 29.0 Å². The highest BCUT2D eigenvalue weighted by Gasteiger charge is 2.22. The first-order valence-corrected chi connectivity index (χ1v) is 11.9. The second-order valence-corrected chi connectivity index (χ2v) is 8.56. The number of carbonyl (C=O) groups is 1. The van der Waals surface area contributed by atoms with Crippen molar-refractivity contribution in [2.75, 3.05) is 20.8 Å². The van der Waals surface area contributed by atoms with E-state index in [1.807, 2.05) is 30.3 Å². The Morgan fingerprint density at radius 3 is 2.34 bits per heavy atom. The van der Waals surface area contributed by atoms with E-state index < -0.39 is 17.6 Å². The zero-order valence-electron chi connectivity index (χ0n) is 19.6. The summed E-state index contributed by atoms with van der Waals surface area (Å²) in [6.45, 7) is 0.676. The van der Waals surface area contributed by atoms with Crippen LogP contribution in [0.25, 0.3) is 0 Å². The van der Waals surface area contributed by atoms with Crippen LogP contribution in [0.3, 0.4) is 0 Å². The predicted molar refractivity (Wildman–Crippen MR) is 136 cm³/mol. The van der Waals surface area contributed by atoms with Gasteiger partial charge in [0.15, 0.2) is 17.7 Å². The Kier molecular flexibility index (Phi) is 10.2. The van der Waals surface area contributed by atoms with E-state index in [2.05, 4.69) is 5.32 Å². The number of benzene rings is 2. The summed E-state index contributed by atoms with van der Waals surface area (Å²) in [6, 6.07) is 16.1. The number of amides is 1. The summed E-state index contributed by atoms with van der Waals surface area (Å²) in [5.74, 6) is -0.476. The summed E-state index contributed by atoms with van der Waals surface area (Å²) in [5.41, 5.74) is 1.41. The number of methoxy groups -OCH3 is 2. The molecular weight excluding hydrogens is 491 g/mol. The van der Waals surface area contributed by atoms with Crippen LogP contribution in [0.4, 0.5) is 0 Å². The molecule has 0 aliphatic carbocycles. The number of rotatable bonds is 12. The number of nitrogens with one attached hydrogen (secondary N) is 1. The third-order valence-corrected chi connectivity index (χ3v) is 6.10. The Labute approximate surface area is 214 Å². The monoisotopic (exact) mass is 518 g/mol. The molecule has 35 heavy (non-hydrogen) atoms. The van der Waals surface area contributed by atoms with Crippen LogP contribution in [-0.4, -0.2) is 37.5 Å². The number of pyridine rings is 1. The van der Waals surface area contributed by atoms with Gasteiger partial charge >= 0.3 is 0 Å². The Hall–Kier alpha value is -2.84. The number of hydrogen-bond acceptors (Lipinski definition) is 5. The average molecular weight is 519 g/mol. The molecule has 2 aromatic carbocycles. The lowest BCUT2D eigenvalue weighted by atomic mass is 10.1. The number of nitrogens with zero attached hydrogens (tertiary/aromatic N) is 1. The van der Waals surface area contributed by atoms with Crippen molar-refractivity contribution in [2.24, 2.45) is 0 Å². The summed E-state index contributed by atoms with van der Waals surface area (Å²) in [6.07, 6.45) is 2.10. The third kappa shape index (κ3) is 7.32. The molecule has 0 fully saturated rings. The average Bonchev–Trinajstić information content (AvgIpc) is 2.86. The van der Waals surface area contributed by atoms with Gasteiger partial charge in [-0.2, -0.15) is 0 Å². The van der Waals surface area contributed by atoms with E-state index in [1.165, 1.54) is 26.5 Å². The standard InChI is InChI=1S/C26H28Cl2N2O5/c1-33-23(34-2)16-30-15-13-22(31)25(35-17-18-8-4-3-5-9-18)24(30)26(32)29-14-7-10-19-20(27)11-6-12-21(19)28/h3-6,8-9,11-13,15,23H,7,10,14,16-17H2,1-2H3,(H,29,32). The fourth-order valence-corrected chi connectivity index (χ4v) is 4.12. The summed E-state index contributed by atoms with van der Waals surface area (Å²) in [4.78, 5) is 26.0. The fraction of sp³-hybridized carbons (Fsp3) is 0.308. The van der Waals surface area contributed by atoms with Crippen LogP contribution in [0.5, 0.6) is 5.75 Å². The number of hydrogen-bond donors (Lipinski definition) is 1. The van der Waals surface area contributed by atoms with E-state index in [4.69, 9.17) is 37.4 Å². The van der Waals surface area contributed by atoms with Crippen molar-refractivity contribution in [3.8, 4) is 5.75 Å². The molecule has 1 N–H and O–H groups in total. The molecule has 1 aromatic heterocycles. The van der Waals surface area contributed by atoms with Crippen LogP contribution >= 0.6 is 23.2 Å².